The Morgan fingerprint density at radius 1 is 1.12 bits per heavy atom. The van der Waals surface area contributed by atoms with Gasteiger partial charge in [-0.3, -0.25) is 14.2 Å². The fraction of sp³-hybridized carbons (Fsp3) is 0.625. The van der Waals surface area contributed by atoms with E-state index in [1.54, 1.807) is 0 Å². The smallest absolute Gasteiger partial charge is 0.376 e. The van der Waals surface area contributed by atoms with E-state index in [2.05, 4.69) is 34.4 Å². The molecular formula is C24H33N4O4+. The van der Waals surface area contributed by atoms with Gasteiger partial charge in [0.2, 0.25) is 0 Å². The molecule has 1 aromatic heterocycles. The number of ether oxygens (including phenoxy) is 1. The van der Waals surface area contributed by atoms with Crippen molar-refractivity contribution in [2.45, 2.75) is 57.2 Å². The number of hydrogen-bond acceptors (Lipinski definition) is 5. The Bertz CT molecular complexity index is 947. The number of piperidine rings is 1. The van der Waals surface area contributed by atoms with Gasteiger partial charge in [0.15, 0.2) is 0 Å². The molecule has 0 spiro atoms. The normalized spacial score (nSPS) is 22.3. The van der Waals surface area contributed by atoms with Gasteiger partial charge in [-0.2, -0.15) is 0 Å². The topological polar surface area (TPSA) is 82.7 Å². The molecule has 0 saturated carbocycles. The number of nitrogens with one attached hydrogen (secondary N) is 1. The number of amides is 1. The summed E-state index contributed by atoms with van der Waals surface area (Å²) in [6.07, 6.45) is 7.98. The SMILES string of the molecule is O=C(C[n+]1cc(=O)o[nH]1)N(CC1CCN(C2Cc3ccccc3C2)CC1)C[C@H]1CCCO1. The number of aromatic amines is 1. The fourth-order valence-corrected chi connectivity index (χ4v) is 5.53. The molecule has 2 aliphatic heterocycles. The van der Waals surface area contributed by atoms with Crippen LogP contribution in [0.4, 0.5) is 0 Å². The first kappa shape index (κ1) is 21.4. The number of rotatable bonds is 7. The number of hydrogen-bond donors (Lipinski definition) is 1. The minimum atomic E-state index is -0.482. The van der Waals surface area contributed by atoms with Crippen LogP contribution in [0.1, 0.15) is 36.8 Å². The Morgan fingerprint density at radius 3 is 2.50 bits per heavy atom. The summed E-state index contributed by atoms with van der Waals surface area (Å²) in [5.74, 6) is 0.491. The van der Waals surface area contributed by atoms with Crippen LogP contribution in [0.5, 0.6) is 0 Å². The van der Waals surface area contributed by atoms with Crippen LogP contribution >= 0.6 is 0 Å². The minimum Gasteiger partial charge on any atom is -0.376 e. The van der Waals surface area contributed by atoms with Gasteiger partial charge in [-0.1, -0.05) is 28.9 Å². The molecule has 2 saturated heterocycles. The molecule has 3 heterocycles. The molecule has 8 nitrogen and oxygen atoms in total. The molecule has 5 rings (SSSR count). The lowest BCUT2D eigenvalue weighted by Gasteiger charge is -2.38. The van der Waals surface area contributed by atoms with Gasteiger partial charge in [-0.15, -0.1) is 0 Å². The molecule has 8 heteroatoms. The lowest BCUT2D eigenvalue weighted by atomic mass is 9.94. The number of likely N-dealkylation sites (tertiary alicyclic amines) is 1. The second-order valence-electron chi connectivity index (χ2n) is 9.51. The molecule has 0 bridgehead atoms. The highest BCUT2D eigenvalue weighted by molar-refractivity contribution is 5.74. The summed E-state index contributed by atoms with van der Waals surface area (Å²) in [4.78, 5) is 28.9. The highest BCUT2D eigenvalue weighted by Gasteiger charge is 2.32. The Labute approximate surface area is 188 Å². The van der Waals surface area contributed by atoms with Gasteiger partial charge in [0.25, 0.3) is 18.6 Å². The quantitative estimate of drug-likeness (QED) is 0.652. The van der Waals surface area contributed by atoms with Crippen molar-refractivity contribution in [3.8, 4) is 0 Å². The van der Waals surface area contributed by atoms with Crippen molar-refractivity contribution in [3.05, 3.63) is 52.0 Å². The maximum atomic E-state index is 13.1. The van der Waals surface area contributed by atoms with Gasteiger partial charge in [0.1, 0.15) is 0 Å². The van der Waals surface area contributed by atoms with Crippen LogP contribution in [0.3, 0.4) is 0 Å². The third-order valence-corrected chi connectivity index (χ3v) is 7.30. The number of carbonyl (C=O) groups is 1. The summed E-state index contributed by atoms with van der Waals surface area (Å²) in [7, 11) is 0. The predicted molar refractivity (Wildman–Crippen MR) is 117 cm³/mol. The molecule has 1 N–H and O–H groups in total. The average Bonchev–Trinajstić information content (AvgIpc) is 3.55. The first-order valence-corrected chi connectivity index (χ1v) is 11.9. The largest absolute Gasteiger partial charge is 0.426 e. The third kappa shape index (κ3) is 4.96. The van der Waals surface area contributed by atoms with Crippen molar-refractivity contribution < 1.29 is 18.7 Å². The van der Waals surface area contributed by atoms with Crippen molar-refractivity contribution in [1.29, 1.82) is 0 Å². The zero-order chi connectivity index (χ0) is 21.9. The predicted octanol–water partition coefficient (Wildman–Crippen LogP) is 1.14. The molecule has 32 heavy (non-hydrogen) atoms. The monoisotopic (exact) mass is 441 g/mol. The highest BCUT2D eigenvalue weighted by Crippen LogP contribution is 2.29. The summed E-state index contributed by atoms with van der Waals surface area (Å²) in [6, 6.07) is 9.44. The standard InChI is InChI=1S/C24H32N4O4/c29-23(16-28-17-24(30)32-25-28)27(15-22-6-3-11-31-22)14-18-7-9-26(10-8-18)21-12-19-4-1-2-5-20(19)13-21/h1-2,4-5,17-18,21-22H,3,6-16H2/p+1/t22-/m1/s1. The number of fused-ring (bicyclic) bond motifs is 1. The molecule has 0 unspecified atom stereocenters. The zero-order valence-electron chi connectivity index (χ0n) is 18.6. The molecule has 1 amide bonds. The van der Waals surface area contributed by atoms with Crippen LogP contribution < -0.4 is 10.3 Å². The summed E-state index contributed by atoms with van der Waals surface area (Å²) in [6.45, 7) is 4.42. The van der Waals surface area contributed by atoms with Crippen LogP contribution in [0.25, 0.3) is 0 Å². The maximum absolute atomic E-state index is 13.1. The number of aromatic nitrogens is 2. The second kappa shape index (κ2) is 9.58. The van der Waals surface area contributed by atoms with Crippen molar-refractivity contribution in [2.24, 2.45) is 5.92 Å². The Morgan fingerprint density at radius 2 is 1.88 bits per heavy atom. The molecule has 1 aromatic carbocycles. The molecule has 1 aliphatic carbocycles. The molecule has 2 fully saturated rings. The first-order chi connectivity index (χ1) is 15.6. The summed E-state index contributed by atoms with van der Waals surface area (Å²) >= 11 is 0. The van der Waals surface area contributed by atoms with E-state index < -0.39 is 5.63 Å². The van der Waals surface area contributed by atoms with E-state index in [1.807, 2.05) is 4.90 Å². The Kier molecular flexibility index (Phi) is 6.41. The van der Waals surface area contributed by atoms with Crippen LogP contribution in [0.2, 0.25) is 0 Å². The number of H-pyrrole nitrogens is 1. The van der Waals surface area contributed by atoms with E-state index in [9.17, 15) is 9.59 Å². The van der Waals surface area contributed by atoms with E-state index in [0.29, 0.717) is 18.5 Å². The van der Waals surface area contributed by atoms with Crippen molar-refractivity contribution in [1.82, 2.24) is 15.1 Å². The fourth-order valence-electron chi connectivity index (χ4n) is 5.53. The van der Waals surface area contributed by atoms with Gasteiger partial charge >= 0.3 is 5.63 Å². The molecule has 172 valence electrons. The summed E-state index contributed by atoms with van der Waals surface area (Å²) in [5.41, 5.74) is 2.52. The van der Waals surface area contributed by atoms with Gasteiger partial charge in [-0.05, 0) is 73.9 Å². The number of benzene rings is 1. The van der Waals surface area contributed by atoms with Crippen LogP contribution in [-0.4, -0.2) is 65.9 Å². The van der Waals surface area contributed by atoms with Crippen molar-refractivity contribution in [2.75, 3.05) is 32.8 Å². The van der Waals surface area contributed by atoms with E-state index in [-0.39, 0.29) is 18.6 Å². The van der Waals surface area contributed by atoms with Crippen molar-refractivity contribution >= 4 is 5.91 Å². The summed E-state index contributed by atoms with van der Waals surface area (Å²) in [5, 5.41) is 2.48. The molecule has 2 aromatic rings. The van der Waals surface area contributed by atoms with Crippen LogP contribution in [0.15, 0.2) is 39.8 Å². The summed E-state index contributed by atoms with van der Waals surface area (Å²) < 4.78 is 11.9. The van der Waals surface area contributed by atoms with E-state index in [4.69, 9.17) is 9.26 Å². The number of carbonyl (C=O) groups excluding carboxylic acids is 1. The van der Waals surface area contributed by atoms with E-state index >= 15 is 0 Å². The second-order valence-corrected chi connectivity index (χ2v) is 9.51. The first-order valence-electron chi connectivity index (χ1n) is 11.9. The van der Waals surface area contributed by atoms with Gasteiger partial charge in [0.05, 0.1) is 6.10 Å². The van der Waals surface area contributed by atoms with E-state index in [0.717, 1.165) is 64.8 Å². The highest BCUT2D eigenvalue weighted by atomic mass is 16.5. The zero-order valence-corrected chi connectivity index (χ0v) is 18.6. The van der Waals surface area contributed by atoms with Crippen LogP contribution in [-0.2, 0) is 28.9 Å². The lowest BCUT2D eigenvalue weighted by molar-refractivity contribution is -0.751. The van der Waals surface area contributed by atoms with Gasteiger partial charge < -0.3 is 9.64 Å². The van der Waals surface area contributed by atoms with Crippen LogP contribution in [0, 0.1) is 5.92 Å². The average molecular weight is 442 g/mol. The molecular weight excluding hydrogens is 408 g/mol. The lowest BCUT2D eigenvalue weighted by Crippen LogP contribution is -2.50. The van der Waals surface area contributed by atoms with E-state index in [1.165, 1.54) is 22.0 Å². The third-order valence-electron chi connectivity index (χ3n) is 7.30. The van der Waals surface area contributed by atoms with Gasteiger partial charge in [0, 0.05) is 25.7 Å². The minimum absolute atomic E-state index is 0.00350. The molecule has 3 aliphatic rings. The van der Waals surface area contributed by atoms with Crippen molar-refractivity contribution in [3.63, 3.8) is 0 Å². The molecule has 0 radical (unpaired) electrons. The molecule has 1 atom stereocenters. The van der Waals surface area contributed by atoms with Gasteiger partial charge in [-0.25, -0.2) is 4.79 Å². The maximum Gasteiger partial charge on any atom is 0.426 e. The Balaban J connectivity index is 1.16. The Hall–Kier alpha value is -2.45. The number of nitrogens with zero attached hydrogens (tertiary/aromatic N) is 3.